The molecule has 2 heterocycles. The van der Waals surface area contributed by atoms with Crippen LogP contribution in [0.5, 0.6) is 0 Å². The van der Waals surface area contributed by atoms with Crippen molar-refractivity contribution < 1.29 is 0 Å². The molecule has 108 valence electrons. The molecule has 1 aliphatic carbocycles. The molecule has 1 saturated carbocycles. The molecule has 3 fully saturated rings. The minimum atomic E-state index is 0.296. The molecule has 21 heavy (non-hydrogen) atoms. The Morgan fingerprint density at radius 2 is 1.57 bits per heavy atom. The van der Waals surface area contributed by atoms with Crippen molar-refractivity contribution in [1.82, 2.24) is 4.90 Å². The molecule has 1 aromatic carbocycles. The third-order valence-electron chi connectivity index (χ3n) is 5.38. The van der Waals surface area contributed by atoms with Crippen LogP contribution in [-0.2, 0) is 0 Å². The van der Waals surface area contributed by atoms with Crippen LogP contribution in [0, 0.1) is 5.41 Å². The molecule has 1 heteroatoms. The van der Waals surface area contributed by atoms with Crippen LogP contribution in [-0.4, -0.2) is 16.5 Å². The largest absolute Gasteiger partial charge is 0.355 e. The van der Waals surface area contributed by atoms with E-state index in [0.29, 0.717) is 17.0 Å². The van der Waals surface area contributed by atoms with Crippen LogP contribution >= 0.6 is 0 Å². The lowest BCUT2D eigenvalue weighted by molar-refractivity contribution is 0.513. The van der Waals surface area contributed by atoms with Crippen LogP contribution in [0.3, 0.4) is 0 Å². The van der Waals surface area contributed by atoms with E-state index in [-0.39, 0.29) is 0 Å². The van der Waals surface area contributed by atoms with E-state index in [4.69, 9.17) is 0 Å². The molecule has 0 spiro atoms. The Morgan fingerprint density at radius 1 is 1.05 bits per heavy atom. The van der Waals surface area contributed by atoms with Crippen LogP contribution in [0.2, 0.25) is 0 Å². The van der Waals surface area contributed by atoms with E-state index in [9.17, 15) is 0 Å². The molecule has 1 atom stereocenters. The van der Waals surface area contributed by atoms with E-state index < -0.39 is 0 Å². The third-order valence-corrected chi connectivity index (χ3v) is 5.38. The smallest absolute Gasteiger partial charge is 0.0795 e. The number of rotatable bonds is 2. The van der Waals surface area contributed by atoms with Gasteiger partial charge in [0.2, 0.25) is 0 Å². The Balaban J connectivity index is 1.53. The van der Waals surface area contributed by atoms with Gasteiger partial charge >= 0.3 is 0 Å². The average molecular weight is 277 g/mol. The molecule has 0 aromatic heterocycles. The summed E-state index contributed by atoms with van der Waals surface area (Å²) < 4.78 is 0. The van der Waals surface area contributed by atoms with Gasteiger partial charge in [-0.1, -0.05) is 56.3 Å². The van der Waals surface area contributed by atoms with E-state index in [1.807, 2.05) is 0 Å². The Kier molecular flexibility index (Phi) is 2.28. The topological polar surface area (TPSA) is 3.01 Å². The van der Waals surface area contributed by atoms with Gasteiger partial charge < -0.3 is 4.90 Å². The zero-order valence-corrected chi connectivity index (χ0v) is 13.4. The summed E-state index contributed by atoms with van der Waals surface area (Å²) in [6.45, 7) is 13.4. The summed E-state index contributed by atoms with van der Waals surface area (Å²) in [6, 6.07) is 9.50. The molecule has 4 rings (SSSR count). The van der Waals surface area contributed by atoms with Crippen molar-refractivity contribution in [2.75, 3.05) is 0 Å². The van der Waals surface area contributed by atoms with E-state index in [1.54, 1.807) is 5.57 Å². The number of fused-ring (bicyclic) bond motifs is 1. The van der Waals surface area contributed by atoms with Crippen LogP contribution in [0.4, 0.5) is 0 Å². The highest BCUT2D eigenvalue weighted by atomic mass is 15.5. The SMILES string of the molecule is C=C1/C(=C/c2ccc(/C=C3\CC3(C)C)cc2)C2N1C2(C)C. The first-order valence-electron chi connectivity index (χ1n) is 7.82. The second kappa shape index (κ2) is 3.71. The molecule has 2 aliphatic heterocycles. The monoisotopic (exact) mass is 277 g/mol. The Morgan fingerprint density at radius 3 is 2.00 bits per heavy atom. The summed E-state index contributed by atoms with van der Waals surface area (Å²) in [5.74, 6) is 0. The predicted octanol–water partition coefficient (Wildman–Crippen LogP) is 4.87. The summed E-state index contributed by atoms with van der Waals surface area (Å²) in [7, 11) is 0. The first-order chi connectivity index (χ1) is 9.80. The van der Waals surface area contributed by atoms with Crippen LogP contribution < -0.4 is 0 Å². The highest BCUT2D eigenvalue weighted by Crippen LogP contribution is 2.60. The standard InChI is InChI=1S/C20H23N/c1-13-17(18-20(4,5)21(13)18)11-15-8-6-14(7-9-15)10-16-12-19(16,2)3/h6-11,18H,1,12H2,2-5H3/b16-10+,17-11-. The van der Waals surface area contributed by atoms with Crippen LogP contribution in [0.25, 0.3) is 12.2 Å². The molecule has 0 bridgehead atoms. The summed E-state index contributed by atoms with van der Waals surface area (Å²) in [5.41, 5.74) is 7.52. The summed E-state index contributed by atoms with van der Waals surface area (Å²) in [4.78, 5) is 2.40. The maximum absolute atomic E-state index is 4.19. The van der Waals surface area contributed by atoms with Gasteiger partial charge in [0.15, 0.2) is 0 Å². The number of hydrogen-bond acceptors (Lipinski definition) is 1. The van der Waals surface area contributed by atoms with Gasteiger partial charge in [0.05, 0.1) is 11.6 Å². The maximum Gasteiger partial charge on any atom is 0.0795 e. The fraction of sp³-hybridized carbons (Fsp3) is 0.400. The lowest BCUT2D eigenvalue weighted by Gasteiger charge is -2.22. The van der Waals surface area contributed by atoms with Gasteiger partial charge in [-0.2, -0.15) is 0 Å². The number of nitrogens with zero attached hydrogens (tertiary/aromatic N) is 1. The van der Waals surface area contributed by atoms with Crippen LogP contribution in [0.15, 0.2) is 47.7 Å². The fourth-order valence-corrected chi connectivity index (χ4v) is 3.65. The van der Waals surface area contributed by atoms with Crippen molar-refractivity contribution in [1.29, 1.82) is 0 Å². The maximum atomic E-state index is 4.19. The number of hydrogen-bond donors (Lipinski definition) is 0. The molecule has 0 N–H and O–H groups in total. The average Bonchev–Trinajstić information content (AvgIpc) is 3.18. The first kappa shape index (κ1) is 12.9. The highest BCUT2D eigenvalue weighted by Gasteiger charge is 2.66. The number of allylic oxidation sites excluding steroid dienone is 1. The van der Waals surface area contributed by atoms with Gasteiger partial charge in [-0.25, -0.2) is 0 Å². The molecule has 3 aliphatic rings. The molecular weight excluding hydrogens is 254 g/mol. The summed E-state index contributed by atoms with van der Waals surface area (Å²) in [6.07, 6.45) is 5.88. The third kappa shape index (κ3) is 1.83. The minimum Gasteiger partial charge on any atom is -0.355 e. The Labute approximate surface area is 127 Å². The second-order valence-corrected chi connectivity index (χ2v) is 7.87. The summed E-state index contributed by atoms with van der Waals surface area (Å²) >= 11 is 0. The zero-order valence-electron chi connectivity index (χ0n) is 13.4. The minimum absolute atomic E-state index is 0.296. The molecular formula is C20H23N. The van der Waals surface area contributed by atoms with E-state index in [0.717, 1.165) is 0 Å². The Bertz CT molecular complexity index is 698. The van der Waals surface area contributed by atoms with Gasteiger partial charge in [0, 0.05) is 11.3 Å². The lowest BCUT2D eigenvalue weighted by atomic mass is 9.97. The molecule has 0 amide bonds. The molecule has 2 saturated heterocycles. The fourth-order valence-electron chi connectivity index (χ4n) is 3.65. The van der Waals surface area contributed by atoms with Crippen LogP contribution in [0.1, 0.15) is 45.2 Å². The van der Waals surface area contributed by atoms with Crippen molar-refractivity contribution in [2.24, 2.45) is 5.41 Å². The van der Waals surface area contributed by atoms with Gasteiger partial charge in [-0.3, -0.25) is 0 Å². The van der Waals surface area contributed by atoms with Crippen molar-refractivity contribution in [3.63, 3.8) is 0 Å². The van der Waals surface area contributed by atoms with E-state index in [1.165, 1.54) is 28.8 Å². The van der Waals surface area contributed by atoms with E-state index in [2.05, 4.69) is 75.6 Å². The molecule has 1 aromatic rings. The molecule has 1 nitrogen and oxygen atoms in total. The first-order valence-corrected chi connectivity index (χ1v) is 7.82. The van der Waals surface area contributed by atoms with Crippen molar-refractivity contribution >= 4 is 12.2 Å². The predicted molar refractivity (Wildman–Crippen MR) is 89.6 cm³/mol. The van der Waals surface area contributed by atoms with Crippen molar-refractivity contribution in [3.05, 3.63) is 58.8 Å². The van der Waals surface area contributed by atoms with Gasteiger partial charge in [0.1, 0.15) is 0 Å². The Hall–Kier alpha value is -1.76. The quantitative estimate of drug-likeness (QED) is 0.697. The normalized spacial score (nSPS) is 31.1. The van der Waals surface area contributed by atoms with E-state index >= 15 is 0 Å². The van der Waals surface area contributed by atoms with Gasteiger partial charge in [0.25, 0.3) is 0 Å². The highest BCUT2D eigenvalue weighted by molar-refractivity contribution is 5.70. The second-order valence-electron chi connectivity index (χ2n) is 7.87. The van der Waals surface area contributed by atoms with Gasteiger partial charge in [-0.05, 0) is 42.9 Å². The zero-order chi connectivity index (χ0) is 15.0. The number of benzene rings is 1. The summed E-state index contributed by atoms with van der Waals surface area (Å²) in [5, 5.41) is 0. The lowest BCUT2D eigenvalue weighted by Crippen LogP contribution is -2.18. The molecule has 0 radical (unpaired) electrons. The van der Waals surface area contributed by atoms with Gasteiger partial charge in [-0.15, -0.1) is 0 Å². The molecule has 1 unspecified atom stereocenters. The van der Waals surface area contributed by atoms with Crippen molar-refractivity contribution in [2.45, 2.75) is 45.7 Å². The van der Waals surface area contributed by atoms with Crippen molar-refractivity contribution in [3.8, 4) is 0 Å².